The molecule has 4 saturated carbocycles. The minimum atomic E-state index is -0.973. The zero-order chi connectivity index (χ0) is 15.3. The molecule has 0 atom stereocenters. The van der Waals surface area contributed by atoms with Crippen LogP contribution in [0.25, 0.3) is 0 Å². The second kappa shape index (κ2) is 4.83. The zero-order valence-corrected chi connectivity index (χ0v) is 12.5. The molecule has 5 rings (SSSR count). The van der Waals surface area contributed by atoms with E-state index in [2.05, 4.69) is 0 Å². The average molecular weight is 300 g/mol. The van der Waals surface area contributed by atoms with Crippen LogP contribution in [0.5, 0.6) is 5.75 Å². The molecular weight excluding hydrogens is 280 g/mol. The van der Waals surface area contributed by atoms with E-state index in [9.17, 15) is 9.59 Å². The monoisotopic (exact) mass is 300 g/mol. The molecule has 0 unspecified atom stereocenters. The van der Waals surface area contributed by atoms with Gasteiger partial charge in [-0.25, -0.2) is 4.79 Å². The predicted octanol–water partition coefficient (Wildman–Crippen LogP) is 3.51. The van der Waals surface area contributed by atoms with Crippen molar-refractivity contribution in [2.24, 2.45) is 23.2 Å². The van der Waals surface area contributed by atoms with E-state index in [0.717, 1.165) is 19.3 Å². The van der Waals surface area contributed by atoms with E-state index in [-0.39, 0.29) is 16.9 Å². The molecule has 4 nitrogen and oxygen atoms in total. The summed E-state index contributed by atoms with van der Waals surface area (Å²) in [5, 5.41) is 8.90. The lowest BCUT2D eigenvalue weighted by Crippen LogP contribution is -2.51. The van der Waals surface area contributed by atoms with Crippen LogP contribution in [0.3, 0.4) is 0 Å². The van der Waals surface area contributed by atoms with E-state index in [1.165, 1.54) is 31.4 Å². The van der Waals surface area contributed by atoms with Crippen molar-refractivity contribution in [2.45, 2.75) is 38.5 Å². The number of carboxylic acid groups (broad SMARTS) is 1. The van der Waals surface area contributed by atoms with Gasteiger partial charge in [0.1, 0.15) is 5.75 Å². The lowest BCUT2D eigenvalue weighted by atomic mass is 9.49. The van der Waals surface area contributed by atoms with Gasteiger partial charge in [-0.05, 0) is 80.5 Å². The fourth-order valence-corrected chi connectivity index (χ4v) is 5.24. The Bertz CT molecular complexity index is 581. The van der Waals surface area contributed by atoms with E-state index in [1.54, 1.807) is 12.1 Å². The molecule has 4 bridgehead atoms. The molecule has 0 aliphatic heterocycles. The number of hydrogen-bond acceptors (Lipinski definition) is 3. The maximum Gasteiger partial charge on any atom is 0.335 e. The van der Waals surface area contributed by atoms with Crippen LogP contribution in [0, 0.1) is 23.2 Å². The van der Waals surface area contributed by atoms with Crippen molar-refractivity contribution in [3.05, 3.63) is 29.8 Å². The Hall–Kier alpha value is -1.84. The third kappa shape index (κ3) is 2.21. The first-order valence-electron chi connectivity index (χ1n) is 8.10. The Kier molecular flexibility index (Phi) is 3.03. The first kappa shape index (κ1) is 13.8. The van der Waals surface area contributed by atoms with Crippen molar-refractivity contribution in [1.82, 2.24) is 0 Å². The maximum absolute atomic E-state index is 12.7. The minimum absolute atomic E-state index is 0.102. The Balaban J connectivity index is 1.51. The molecule has 0 heterocycles. The lowest BCUT2D eigenvalue weighted by Gasteiger charge is -2.55. The number of esters is 1. The first-order chi connectivity index (χ1) is 10.5. The SMILES string of the molecule is O=C(O)c1ccc(OC(=O)C23CC4CC(CC(C4)C2)C3)cc1. The molecule has 4 heteroatoms. The Morgan fingerprint density at radius 1 is 0.955 bits per heavy atom. The minimum Gasteiger partial charge on any atom is -0.478 e. The summed E-state index contributed by atoms with van der Waals surface area (Å²) in [7, 11) is 0. The lowest BCUT2D eigenvalue weighted by molar-refractivity contribution is -0.161. The smallest absolute Gasteiger partial charge is 0.335 e. The summed E-state index contributed by atoms with van der Waals surface area (Å²) >= 11 is 0. The van der Waals surface area contributed by atoms with E-state index >= 15 is 0 Å². The molecule has 1 aromatic carbocycles. The molecule has 0 spiro atoms. The largest absolute Gasteiger partial charge is 0.478 e. The second-order valence-corrected chi connectivity index (χ2v) is 7.42. The third-order valence-corrected chi connectivity index (χ3v) is 5.78. The van der Waals surface area contributed by atoms with E-state index < -0.39 is 5.97 Å². The molecule has 116 valence electrons. The fraction of sp³-hybridized carbons (Fsp3) is 0.556. The summed E-state index contributed by atoms with van der Waals surface area (Å²) in [4.78, 5) is 23.6. The van der Waals surface area contributed by atoms with Gasteiger partial charge in [0, 0.05) is 0 Å². The van der Waals surface area contributed by atoms with E-state index in [0.29, 0.717) is 23.5 Å². The van der Waals surface area contributed by atoms with Crippen LogP contribution in [-0.4, -0.2) is 17.0 Å². The summed E-state index contributed by atoms with van der Waals surface area (Å²) in [5.41, 5.74) is -0.0742. The van der Waals surface area contributed by atoms with Crippen molar-refractivity contribution in [1.29, 1.82) is 0 Å². The van der Waals surface area contributed by atoms with Gasteiger partial charge in [-0.3, -0.25) is 4.79 Å². The highest BCUT2D eigenvalue weighted by atomic mass is 16.5. The number of aromatic carboxylic acids is 1. The molecule has 4 fully saturated rings. The van der Waals surface area contributed by atoms with Gasteiger partial charge in [-0.15, -0.1) is 0 Å². The standard InChI is InChI=1S/C18H20O4/c19-16(20)14-1-3-15(4-2-14)22-17(21)18-8-11-5-12(9-18)7-13(6-11)10-18/h1-4,11-13H,5-10H2,(H,19,20). The number of carbonyl (C=O) groups is 2. The molecule has 4 aliphatic rings. The topological polar surface area (TPSA) is 63.6 Å². The van der Waals surface area contributed by atoms with Crippen LogP contribution in [0.2, 0.25) is 0 Å². The second-order valence-electron chi connectivity index (χ2n) is 7.42. The van der Waals surface area contributed by atoms with E-state index in [4.69, 9.17) is 9.84 Å². The van der Waals surface area contributed by atoms with Crippen molar-refractivity contribution in [3.63, 3.8) is 0 Å². The molecular formula is C18H20O4. The maximum atomic E-state index is 12.7. The highest BCUT2D eigenvalue weighted by molar-refractivity contribution is 5.88. The van der Waals surface area contributed by atoms with Gasteiger partial charge in [-0.2, -0.15) is 0 Å². The molecule has 0 radical (unpaired) electrons. The van der Waals surface area contributed by atoms with Crippen LogP contribution < -0.4 is 4.74 Å². The van der Waals surface area contributed by atoms with Crippen LogP contribution in [0.15, 0.2) is 24.3 Å². The quantitative estimate of drug-likeness (QED) is 0.685. The van der Waals surface area contributed by atoms with Gasteiger partial charge in [0.05, 0.1) is 11.0 Å². The number of hydrogen-bond donors (Lipinski definition) is 1. The normalized spacial score (nSPS) is 35.4. The zero-order valence-electron chi connectivity index (χ0n) is 12.5. The van der Waals surface area contributed by atoms with Crippen molar-refractivity contribution < 1.29 is 19.4 Å². The Labute approximate surface area is 129 Å². The number of ether oxygens (including phenoxy) is 1. The highest BCUT2D eigenvalue weighted by Crippen LogP contribution is 2.60. The first-order valence-corrected chi connectivity index (χ1v) is 8.10. The molecule has 0 aromatic heterocycles. The van der Waals surface area contributed by atoms with Gasteiger partial charge >= 0.3 is 11.9 Å². The summed E-state index contributed by atoms with van der Waals surface area (Å²) in [5.74, 6) is 1.48. The van der Waals surface area contributed by atoms with Crippen LogP contribution in [0.1, 0.15) is 48.9 Å². The van der Waals surface area contributed by atoms with Gasteiger partial charge in [0.2, 0.25) is 0 Å². The predicted molar refractivity (Wildman–Crippen MR) is 79.6 cm³/mol. The summed E-state index contributed by atoms with van der Waals surface area (Å²) in [6.45, 7) is 0. The third-order valence-electron chi connectivity index (χ3n) is 5.78. The summed E-state index contributed by atoms with van der Waals surface area (Å²) < 4.78 is 5.60. The number of rotatable bonds is 3. The van der Waals surface area contributed by atoms with Crippen molar-refractivity contribution in [3.8, 4) is 5.75 Å². The van der Waals surface area contributed by atoms with Gasteiger partial charge in [-0.1, -0.05) is 0 Å². The number of carbonyl (C=O) groups excluding carboxylic acids is 1. The van der Waals surface area contributed by atoms with Crippen molar-refractivity contribution >= 4 is 11.9 Å². The number of carboxylic acids is 1. The Morgan fingerprint density at radius 3 is 1.91 bits per heavy atom. The van der Waals surface area contributed by atoms with Crippen molar-refractivity contribution in [2.75, 3.05) is 0 Å². The summed E-state index contributed by atoms with van der Waals surface area (Å²) in [6.07, 6.45) is 6.81. The molecule has 4 aliphatic carbocycles. The molecule has 22 heavy (non-hydrogen) atoms. The van der Waals surface area contributed by atoms with Gasteiger partial charge in [0.15, 0.2) is 0 Å². The molecule has 1 aromatic rings. The average Bonchev–Trinajstić information content (AvgIpc) is 2.46. The highest BCUT2D eigenvalue weighted by Gasteiger charge is 2.55. The molecule has 0 saturated heterocycles. The molecule has 1 N–H and O–H groups in total. The van der Waals surface area contributed by atoms with Crippen LogP contribution in [0.4, 0.5) is 0 Å². The molecule has 0 amide bonds. The van der Waals surface area contributed by atoms with Gasteiger partial charge in [0.25, 0.3) is 0 Å². The number of benzene rings is 1. The van der Waals surface area contributed by atoms with Gasteiger partial charge < -0.3 is 9.84 Å². The fourth-order valence-electron chi connectivity index (χ4n) is 5.24. The van der Waals surface area contributed by atoms with Crippen LogP contribution in [-0.2, 0) is 4.79 Å². The Morgan fingerprint density at radius 2 is 1.45 bits per heavy atom. The van der Waals surface area contributed by atoms with Crippen LogP contribution >= 0.6 is 0 Å². The summed E-state index contributed by atoms with van der Waals surface area (Å²) in [6, 6.07) is 6.10. The van der Waals surface area contributed by atoms with E-state index in [1.807, 2.05) is 0 Å².